The van der Waals surface area contributed by atoms with Crippen molar-refractivity contribution in [1.82, 2.24) is 14.8 Å². The van der Waals surface area contributed by atoms with Gasteiger partial charge in [-0.15, -0.1) is 37.2 Å². The number of piperidine rings is 1. The Hall–Kier alpha value is -3.61. The van der Waals surface area contributed by atoms with E-state index in [0.29, 0.717) is 72.8 Å². The van der Waals surface area contributed by atoms with Crippen molar-refractivity contribution in [3.63, 3.8) is 0 Å². The van der Waals surface area contributed by atoms with Crippen molar-refractivity contribution < 1.29 is 23.9 Å². The first-order chi connectivity index (χ1) is 23.7. The Morgan fingerprint density at radius 3 is 2.25 bits per heavy atom. The second kappa shape index (κ2) is 23.9. The Balaban J connectivity index is 0.00000451. The summed E-state index contributed by atoms with van der Waals surface area (Å²) in [6.45, 7) is 5.11. The molecule has 0 aliphatic carbocycles. The molecule has 1 fully saturated rings. The zero-order valence-corrected chi connectivity index (χ0v) is 33.1. The molecule has 1 aliphatic rings. The standard InChI is InChI=1S/C38H52N6O5.3ClH/c1-28-14-16-32(34(25-28)49-23-9-5-6-13-36(45)44-21-18-30(19-22-44)42(2)3)43(4)37(46)26-29-15-17-35(40-27-29)41-38(47)31-11-7-8-12-33(31)48-24-10-20-39;;;/h7-8,11-12,14-17,25,27,30H,5-6,9-10,13,18-24,26,39H2,1-4H3,(H,40,41,47);3*1H. The predicted octanol–water partition coefficient (Wildman–Crippen LogP) is 6.33. The molecule has 1 saturated heterocycles. The number of carbonyl (C=O) groups excluding carboxylic acids is 3. The van der Waals surface area contributed by atoms with Crippen LogP contribution in [0.15, 0.2) is 60.8 Å². The number of ether oxygens (including phenoxy) is 2. The Bertz CT molecular complexity index is 1540. The van der Waals surface area contributed by atoms with Crippen molar-refractivity contribution >= 4 is 66.4 Å². The molecular weight excluding hydrogens is 727 g/mol. The number of likely N-dealkylation sites (N-methyl/N-ethyl adjacent to an activating group) is 1. The fourth-order valence-electron chi connectivity index (χ4n) is 5.80. The largest absolute Gasteiger partial charge is 0.493 e. The van der Waals surface area contributed by atoms with Crippen LogP contribution in [0, 0.1) is 6.92 Å². The lowest BCUT2D eigenvalue weighted by Gasteiger charge is -2.35. The van der Waals surface area contributed by atoms with Gasteiger partial charge in [-0.2, -0.15) is 0 Å². The number of hydrogen-bond donors (Lipinski definition) is 2. The molecule has 11 nitrogen and oxygen atoms in total. The molecule has 4 rings (SSSR count). The molecule has 288 valence electrons. The average Bonchev–Trinajstić information content (AvgIpc) is 3.10. The van der Waals surface area contributed by atoms with E-state index in [4.69, 9.17) is 15.2 Å². The molecule has 0 radical (unpaired) electrons. The fraction of sp³-hybridized carbons (Fsp3) is 0.474. The Kier molecular flexibility index (Phi) is 21.3. The number of para-hydroxylation sites is 1. The molecule has 14 heteroatoms. The quantitative estimate of drug-likeness (QED) is 0.152. The van der Waals surface area contributed by atoms with Crippen LogP contribution < -0.4 is 25.4 Å². The molecule has 2 heterocycles. The van der Waals surface area contributed by atoms with Crippen LogP contribution >= 0.6 is 37.2 Å². The summed E-state index contributed by atoms with van der Waals surface area (Å²) in [5.41, 5.74) is 8.39. The maximum Gasteiger partial charge on any atom is 0.260 e. The Labute approximate surface area is 327 Å². The third-order valence-electron chi connectivity index (χ3n) is 8.85. The second-order valence-electron chi connectivity index (χ2n) is 12.8. The number of rotatable bonds is 17. The molecule has 3 amide bonds. The fourth-order valence-corrected chi connectivity index (χ4v) is 5.80. The number of aryl methyl sites for hydroxylation is 1. The summed E-state index contributed by atoms with van der Waals surface area (Å²) in [4.78, 5) is 49.1. The molecule has 1 aliphatic heterocycles. The first kappa shape index (κ1) is 46.4. The van der Waals surface area contributed by atoms with E-state index in [2.05, 4.69) is 29.3 Å². The molecule has 3 N–H and O–H groups in total. The van der Waals surface area contributed by atoms with Gasteiger partial charge in [-0.25, -0.2) is 4.98 Å². The van der Waals surface area contributed by atoms with Crippen molar-refractivity contribution in [3.05, 3.63) is 77.5 Å². The number of likely N-dealkylation sites (tertiary alicyclic amines) is 1. The minimum Gasteiger partial charge on any atom is -0.493 e. The van der Waals surface area contributed by atoms with Crippen LogP contribution in [-0.2, 0) is 16.0 Å². The molecule has 0 saturated carbocycles. The lowest BCUT2D eigenvalue weighted by molar-refractivity contribution is -0.132. The van der Waals surface area contributed by atoms with Gasteiger partial charge in [0.25, 0.3) is 5.91 Å². The summed E-state index contributed by atoms with van der Waals surface area (Å²) < 4.78 is 11.9. The number of amides is 3. The average molecular weight is 782 g/mol. The topological polar surface area (TPSA) is 130 Å². The van der Waals surface area contributed by atoms with Crippen LogP contribution in [0.4, 0.5) is 11.5 Å². The first-order valence-electron chi connectivity index (χ1n) is 17.3. The Morgan fingerprint density at radius 2 is 1.58 bits per heavy atom. The van der Waals surface area contributed by atoms with Crippen LogP contribution in [-0.4, -0.2) is 92.5 Å². The maximum absolute atomic E-state index is 13.3. The monoisotopic (exact) mass is 780 g/mol. The number of nitrogens with zero attached hydrogens (tertiary/aromatic N) is 4. The van der Waals surface area contributed by atoms with Gasteiger partial charge < -0.3 is 35.2 Å². The number of carbonyl (C=O) groups is 3. The Morgan fingerprint density at radius 1 is 0.885 bits per heavy atom. The highest BCUT2D eigenvalue weighted by molar-refractivity contribution is 6.05. The number of hydrogen-bond acceptors (Lipinski definition) is 8. The normalized spacial score (nSPS) is 12.5. The zero-order valence-electron chi connectivity index (χ0n) is 30.7. The molecule has 0 spiro atoms. The van der Waals surface area contributed by atoms with Gasteiger partial charge >= 0.3 is 0 Å². The van der Waals surface area contributed by atoms with Crippen molar-refractivity contribution in [2.45, 2.75) is 64.3 Å². The molecule has 3 aromatic rings. The lowest BCUT2D eigenvalue weighted by Crippen LogP contribution is -2.44. The highest BCUT2D eigenvalue weighted by atomic mass is 35.5. The van der Waals surface area contributed by atoms with E-state index in [9.17, 15) is 14.4 Å². The van der Waals surface area contributed by atoms with E-state index in [0.717, 1.165) is 50.8 Å². The minimum absolute atomic E-state index is 0. The summed E-state index contributed by atoms with van der Waals surface area (Å²) >= 11 is 0. The molecule has 0 atom stereocenters. The number of benzene rings is 2. The van der Waals surface area contributed by atoms with E-state index >= 15 is 0 Å². The van der Waals surface area contributed by atoms with Gasteiger partial charge in [0.05, 0.1) is 30.9 Å². The number of pyridine rings is 1. The highest BCUT2D eigenvalue weighted by Crippen LogP contribution is 2.30. The summed E-state index contributed by atoms with van der Waals surface area (Å²) in [6, 6.07) is 16.8. The summed E-state index contributed by atoms with van der Waals surface area (Å²) in [5.74, 6) is 1.30. The van der Waals surface area contributed by atoms with Gasteiger partial charge in [-0.05, 0) is 108 Å². The van der Waals surface area contributed by atoms with E-state index < -0.39 is 0 Å². The van der Waals surface area contributed by atoms with Crippen LogP contribution in [0.2, 0.25) is 0 Å². The van der Waals surface area contributed by atoms with Gasteiger partial charge in [-0.1, -0.05) is 24.3 Å². The van der Waals surface area contributed by atoms with Gasteiger partial charge in [0.2, 0.25) is 11.8 Å². The van der Waals surface area contributed by atoms with E-state index in [1.54, 1.807) is 48.5 Å². The smallest absolute Gasteiger partial charge is 0.260 e. The molecule has 2 aromatic carbocycles. The molecule has 0 bridgehead atoms. The van der Waals surface area contributed by atoms with Gasteiger partial charge in [0, 0.05) is 38.8 Å². The molecular formula is C38H55Cl3N6O5. The van der Waals surface area contributed by atoms with Crippen molar-refractivity contribution in [1.29, 1.82) is 0 Å². The number of unbranched alkanes of at least 4 members (excludes halogenated alkanes) is 2. The van der Waals surface area contributed by atoms with Gasteiger partial charge in [-0.3, -0.25) is 14.4 Å². The van der Waals surface area contributed by atoms with Gasteiger partial charge in [0.1, 0.15) is 17.3 Å². The molecule has 1 aromatic heterocycles. The third kappa shape index (κ3) is 14.1. The summed E-state index contributed by atoms with van der Waals surface area (Å²) in [7, 11) is 5.95. The molecule has 0 unspecified atom stereocenters. The van der Waals surface area contributed by atoms with Gasteiger partial charge in [0.15, 0.2) is 0 Å². The van der Waals surface area contributed by atoms with Crippen LogP contribution in [0.25, 0.3) is 0 Å². The lowest BCUT2D eigenvalue weighted by atomic mass is 10.0. The first-order valence-corrected chi connectivity index (χ1v) is 17.3. The van der Waals surface area contributed by atoms with Crippen LogP contribution in [0.1, 0.15) is 66.4 Å². The minimum atomic E-state index is -0.337. The second-order valence-corrected chi connectivity index (χ2v) is 12.8. The van der Waals surface area contributed by atoms with E-state index in [1.165, 1.54) is 0 Å². The zero-order chi connectivity index (χ0) is 35.2. The number of aromatic nitrogens is 1. The summed E-state index contributed by atoms with van der Waals surface area (Å²) in [5, 5.41) is 2.80. The van der Waals surface area contributed by atoms with Crippen molar-refractivity contribution in [3.8, 4) is 11.5 Å². The predicted molar refractivity (Wildman–Crippen MR) is 215 cm³/mol. The highest BCUT2D eigenvalue weighted by Gasteiger charge is 2.23. The summed E-state index contributed by atoms with van der Waals surface area (Å²) in [6.07, 6.45) is 7.60. The maximum atomic E-state index is 13.3. The SMILES string of the molecule is Cc1ccc(N(C)C(=O)Cc2ccc(NC(=O)c3ccccc3OCCCN)nc2)c(OCCCCCC(=O)N2CCC(N(C)C)CC2)c1.Cl.Cl.Cl. The van der Waals surface area contributed by atoms with Crippen molar-refractivity contribution in [2.75, 3.05) is 64.2 Å². The van der Waals surface area contributed by atoms with Crippen molar-refractivity contribution in [2.24, 2.45) is 5.73 Å². The van der Waals surface area contributed by atoms with E-state index in [1.807, 2.05) is 36.1 Å². The number of nitrogens with two attached hydrogens (primary N) is 1. The number of halogens is 3. The van der Waals surface area contributed by atoms with Crippen LogP contribution in [0.3, 0.4) is 0 Å². The number of anilines is 2. The van der Waals surface area contributed by atoms with Crippen LogP contribution in [0.5, 0.6) is 11.5 Å². The van der Waals surface area contributed by atoms with E-state index in [-0.39, 0.29) is 61.4 Å². The third-order valence-corrected chi connectivity index (χ3v) is 8.85. The molecule has 52 heavy (non-hydrogen) atoms. The number of nitrogens with one attached hydrogen (secondary N) is 1.